The summed E-state index contributed by atoms with van der Waals surface area (Å²) in [6, 6.07) is 6.06. The molecule has 1 atom stereocenters. The standard InChI is InChI=1S/C27H36N4O4S/c1-33-21-10-11-25(34-2)23(15-21)24-17-31-20(18-36-27(31)29-24)12-13-30(16-22-9-6-14-35-22)26(32)28-19-7-4-3-5-8-19/h10-11,15,17-19,22H,3-9,12-14,16H2,1-2H3,(H,28,32). The number of hydrogen-bond donors (Lipinski definition) is 1. The van der Waals surface area contributed by atoms with E-state index in [0.29, 0.717) is 19.1 Å². The number of ether oxygens (including phenoxy) is 3. The van der Waals surface area contributed by atoms with Crippen LogP contribution < -0.4 is 14.8 Å². The molecule has 194 valence electrons. The molecule has 0 spiro atoms. The molecule has 2 aliphatic rings. The molecule has 5 rings (SSSR count). The summed E-state index contributed by atoms with van der Waals surface area (Å²) in [6.07, 6.45) is 10.8. The van der Waals surface area contributed by atoms with Crippen LogP contribution in [0.4, 0.5) is 4.79 Å². The van der Waals surface area contributed by atoms with Crippen LogP contribution in [-0.4, -0.2) is 66.4 Å². The van der Waals surface area contributed by atoms with E-state index in [1.807, 2.05) is 29.3 Å². The number of amides is 2. The molecule has 1 aliphatic carbocycles. The molecule has 3 aromatic rings. The predicted octanol–water partition coefficient (Wildman–Crippen LogP) is 5.15. The lowest BCUT2D eigenvalue weighted by Crippen LogP contribution is -2.48. The molecular weight excluding hydrogens is 476 g/mol. The first-order valence-corrected chi connectivity index (χ1v) is 13.9. The number of carbonyl (C=O) groups excluding carboxylic acids is 1. The van der Waals surface area contributed by atoms with Crippen molar-refractivity contribution < 1.29 is 19.0 Å². The summed E-state index contributed by atoms with van der Waals surface area (Å²) in [7, 11) is 3.32. The van der Waals surface area contributed by atoms with Crippen LogP contribution in [0.25, 0.3) is 16.2 Å². The first kappa shape index (κ1) is 24.9. The SMILES string of the molecule is COc1ccc(OC)c(-c2cn3c(CCN(CC4CCCO4)C(=O)NC4CCCCC4)csc3n2)c1. The van der Waals surface area contributed by atoms with E-state index in [9.17, 15) is 4.79 Å². The first-order chi connectivity index (χ1) is 17.6. The van der Waals surface area contributed by atoms with E-state index in [2.05, 4.69) is 15.1 Å². The lowest BCUT2D eigenvalue weighted by Gasteiger charge is -2.29. The molecule has 0 radical (unpaired) electrons. The van der Waals surface area contributed by atoms with Crippen molar-refractivity contribution in [2.24, 2.45) is 0 Å². The Kier molecular flexibility index (Phi) is 7.96. The van der Waals surface area contributed by atoms with Crippen molar-refractivity contribution in [1.29, 1.82) is 0 Å². The second kappa shape index (κ2) is 11.5. The molecule has 2 aromatic heterocycles. The summed E-state index contributed by atoms with van der Waals surface area (Å²) in [5, 5.41) is 5.44. The van der Waals surface area contributed by atoms with Gasteiger partial charge in [0.05, 0.1) is 26.0 Å². The molecule has 8 nitrogen and oxygen atoms in total. The van der Waals surface area contributed by atoms with Crippen molar-refractivity contribution in [3.8, 4) is 22.8 Å². The molecule has 1 aromatic carbocycles. The average molecular weight is 513 g/mol. The fourth-order valence-electron chi connectivity index (χ4n) is 5.23. The van der Waals surface area contributed by atoms with Crippen molar-refractivity contribution >= 4 is 22.3 Å². The van der Waals surface area contributed by atoms with Gasteiger partial charge in [-0.05, 0) is 43.9 Å². The van der Waals surface area contributed by atoms with Gasteiger partial charge in [-0.1, -0.05) is 19.3 Å². The third kappa shape index (κ3) is 5.62. The van der Waals surface area contributed by atoms with Gasteiger partial charge in [-0.2, -0.15) is 0 Å². The van der Waals surface area contributed by atoms with Gasteiger partial charge < -0.3 is 24.4 Å². The van der Waals surface area contributed by atoms with Crippen LogP contribution in [0.3, 0.4) is 0 Å². The zero-order chi connectivity index (χ0) is 24.9. The third-order valence-corrected chi connectivity index (χ3v) is 8.16. The van der Waals surface area contributed by atoms with Gasteiger partial charge in [0, 0.05) is 55.0 Å². The van der Waals surface area contributed by atoms with Crippen LogP contribution in [0.1, 0.15) is 50.6 Å². The Balaban J connectivity index is 1.32. The summed E-state index contributed by atoms with van der Waals surface area (Å²) in [6.45, 7) is 2.07. The zero-order valence-corrected chi connectivity index (χ0v) is 22.0. The third-order valence-electron chi connectivity index (χ3n) is 7.27. The number of rotatable bonds is 9. The summed E-state index contributed by atoms with van der Waals surface area (Å²) >= 11 is 1.61. The van der Waals surface area contributed by atoms with Gasteiger partial charge in [-0.3, -0.25) is 4.40 Å². The van der Waals surface area contributed by atoms with Crippen LogP contribution in [0, 0.1) is 0 Å². The second-order valence-corrected chi connectivity index (χ2v) is 10.5. The number of carbonyl (C=O) groups is 1. The summed E-state index contributed by atoms with van der Waals surface area (Å²) in [5.41, 5.74) is 2.87. The highest BCUT2D eigenvalue weighted by Gasteiger charge is 2.25. The number of thiazole rings is 1. The van der Waals surface area contributed by atoms with E-state index >= 15 is 0 Å². The maximum absolute atomic E-state index is 13.3. The summed E-state index contributed by atoms with van der Waals surface area (Å²) in [5.74, 6) is 1.52. The average Bonchev–Trinajstić information content (AvgIpc) is 3.65. The second-order valence-electron chi connectivity index (χ2n) is 9.69. The van der Waals surface area contributed by atoms with Crippen LogP contribution >= 0.6 is 11.3 Å². The molecule has 0 bridgehead atoms. The highest BCUT2D eigenvalue weighted by atomic mass is 32.1. The Morgan fingerprint density at radius 2 is 2.06 bits per heavy atom. The first-order valence-electron chi connectivity index (χ1n) is 13.0. The Morgan fingerprint density at radius 3 is 2.81 bits per heavy atom. The van der Waals surface area contributed by atoms with E-state index in [1.54, 1.807) is 25.6 Å². The Morgan fingerprint density at radius 1 is 1.19 bits per heavy atom. The van der Waals surface area contributed by atoms with Crippen LogP contribution in [0.2, 0.25) is 0 Å². The van der Waals surface area contributed by atoms with Gasteiger partial charge in [0.15, 0.2) is 4.96 Å². The fraction of sp³-hybridized carbons (Fsp3) is 0.556. The van der Waals surface area contributed by atoms with E-state index in [0.717, 1.165) is 72.1 Å². The zero-order valence-electron chi connectivity index (χ0n) is 21.2. The van der Waals surface area contributed by atoms with Gasteiger partial charge >= 0.3 is 6.03 Å². The van der Waals surface area contributed by atoms with Gasteiger partial charge in [-0.25, -0.2) is 9.78 Å². The fourth-order valence-corrected chi connectivity index (χ4v) is 6.13. The number of hydrogen-bond acceptors (Lipinski definition) is 6. The number of nitrogens with one attached hydrogen (secondary N) is 1. The topological polar surface area (TPSA) is 77.3 Å². The molecule has 1 saturated carbocycles. The van der Waals surface area contributed by atoms with Crippen LogP contribution in [0.15, 0.2) is 29.8 Å². The van der Waals surface area contributed by atoms with Crippen molar-refractivity contribution in [3.63, 3.8) is 0 Å². The van der Waals surface area contributed by atoms with E-state index < -0.39 is 0 Å². The lowest BCUT2D eigenvalue weighted by atomic mass is 9.96. The van der Waals surface area contributed by atoms with E-state index in [-0.39, 0.29) is 12.1 Å². The van der Waals surface area contributed by atoms with Gasteiger partial charge in [0.25, 0.3) is 0 Å². The monoisotopic (exact) mass is 512 g/mol. The number of imidazole rings is 1. The van der Waals surface area contributed by atoms with Crippen molar-refractivity contribution in [3.05, 3.63) is 35.5 Å². The summed E-state index contributed by atoms with van der Waals surface area (Å²) in [4.78, 5) is 21.0. The predicted molar refractivity (Wildman–Crippen MR) is 141 cm³/mol. The van der Waals surface area contributed by atoms with Crippen molar-refractivity contribution in [1.82, 2.24) is 19.6 Å². The van der Waals surface area contributed by atoms with Crippen molar-refractivity contribution in [2.45, 2.75) is 63.5 Å². The van der Waals surface area contributed by atoms with Gasteiger partial charge in [-0.15, -0.1) is 11.3 Å². The maximum Gasteiger partial charge on any atom is 0.317 e. The Labute approximate surface area is 216 Å². The largest absolute Gasteiger partial charge is 0.497 e. The number of urea groups is 1. The van der Waals surface area contributed by atoms with Gasteiger partial charge in [0.2, 0.25) is 0 Å². The quantitative estimate of drug-likeness (QED) is 0.429. The minimum Gasteiger partial charge on any atom is -0.497 e. The maximum atomic E-state index is 13.3. The van der Waals surface area contributed by atoms with Gasteiger partial charge in [0.1, 0.15) is 11.5 Å². The number of fused-ring (bicyclic) bond motifs is 1. The lowest BCUT2D eigenvalue weighted by molar-refractivity contribution is 0.0806. The number of aromatic nitrogens is 2. The number of methoxy groups -OCH3 is 2. The number of benzene rings is 1. The Bertz CT molecular complexity index is 1160. The minimum atomic E-state index is 0.0383. The normalized spacial score (nSPS) is 18.4. The minimum absolute atomic E-state index is 0.0383. The Hall–Kier alpha value is -2.78. The van der Waals surface area contributed by atoms with E-state index in [4.69, 9.17) is 19.2 Å². The summed E-state index contributed by atoms with van der Waals surface area (Å²) < 4.78 is 19.0. The number of nitrogens with zero attached hydrogens (tertiary/aromatic N) is 3. The highest BCUT2D eigenvalue weighted by Crippen LogP contribution is 2.34. The molecule has 1 saturated heterocycles. The van der Waals surface area contributed by atoms with Crippen molar-refractivity contribution in [2.75, 3.05) is 33.9 Å². The molecule has 1 aliphatic heterocycles. The van der Waals surface area contributed by atoms with Crippen LogP contribution in [0.5, 0.6) is 11.5 Å². The molecule has 2 fully saturated rings. The molecule has 2 amide bonds. The van der Waals surface area contributed by atoms with E-state index in [1.165, 1.54) is 19.3 Å². The molecule has 1 unspecified atom stereocenters. The molecule has 36 heavy (non-hydrogen) atoms. The molecular formula is C27H36N4O4S. The molecule has 3 heterocycles. The highest BCUT2D eigenvalue weighted by molar-refractivity contribution is 7.15. The smallest absolute Gasteiger partial charge is 0.317 e. The molecule has 9 heteroatoms. The van der Waals surface area contributed by atoms with Crippen LogP contribution in [-0.2, 0) is 11.2 Å². The molecule has 1 N–H and O–H groups in total.